The molecule has 2 heterocycles. The molecule has 0 unspecified atom stereocenters. The van der Waals surface area contributed by atoms with Gasteiger partial charge in [0.2, 0.25) is 11.8 Å². The summed E-state index contributed by atoms with van der Waals surface area (Å²) >= 11 is 0. The molecule has 28 heavy (non-hydrogen) atoms. The Morgan fingerprint density at radius 3 is 2.29 bits per heavy atom. The van der Waals surface area contributed by atoms with E-state index in [2.05, 4.69) is 4.98 Å². The van der Waals surface area contributed by atoms with E-state index in [9.17, 15) is 23.1 Å². The summed E-state index contributed by atoms with van der Waals surface area (Å²) in [5.41, 5.74) is -0.617. The average Bonchev–Trinajstić information content (AvgIpc) is 2.94. The van der Waals surface area contributed by atoms with Gasteiger partial charge in [0, 0.05) is 12.6 Å². The number of halogens is 3. The molecule has 8 heteroatoms. The molecule has 0 radical (unpaired) electrons. The number of hydrogen-bond donors (Lipinski definition) is 1. The lowest BCUT2D eigenvalue weighted by molar-refractivity contribution is -0.189. The van der Waals surface area contributed by atoms with Crippen LogP contribution in [-0.4, -0.2) is 40.4 Å². The molecule has 1 aliphatic carbocycles. The number of nitrogens with zero attached hydrogens (tertiary/aromatic N) is 2. The Balaban J connectivity index is 1.67. The molecule has 1 N–H and O–H groups in total. The summed E-state index contributed by atoms with van der Waals surface area (Å²) in [6.07, 6.45) is -1.83. The van der Waals surface area contributed by atoms with Crippen molar-refractivity contribution < 1.29 is 27.8 Å². The van der Waals surface area contributed by atoms with Crippen molar-refractivity contribution in [2.75, 3.05) is 11.4 Å². The molecule has 5 nitrogen and oxygen atoms in total. The quantitative estimate of drug-likeness (QED) is 0.827. The number of rotatable bonds is 4. The minimum atomic E-state index is -4.46. The molecule has 0 aromatic carbocycles. The minimum absolute atomic E-state index is 0.0115. The maximum absolute atomic E-state index is 13.1. The molecule has 1 amide bonds. The maximum Gasteiger partial charge on any atom is 0.425 e. The first-order valence-electron chi connectivity index (χ1n) is 9.71. The van der Waals surface area contributed by atoms with Crippen LogP contribution in [0.25, 0.3) is 0 Å². The predicted octanol–water partition coefficient (Wildman–Crippen LogP) is 4.10. The zero-order valence-electron chi connectivity index (χ0n) is 16.4. The summed E-state index contributed by atoms with van der Waals surface area (Å²) in [5.74, 6) is 0.0281. The highest BCUT2D eigenvalue weighted by atomic mass is 19.4. The molecule has 3 rings (SSSR count). The van der Waals surface area contributed by atoms with Crippen LogP contribution >= 0.6 is 0 Å². The van der Waals surface area contributed by atoms with Crippen molar-refractivity contribution in [1.29, 1.82) is 0 Å². The first-order chi connectivity index (χ1) is 13.0. The van der Waals surface area contributed by atoms with Crippen LogP contribution in [0.5, 0.6) is 5.88 Å². The normalized spacial score (nSPS) is 29.6. The molecule has 1 spiro atoms. The van der Waals surface area contributed by atoms with Crippen LogP contribution in [0.1, 0.15) is 52.9 Å². The number of aromatic nitrogens is 1. The predicted molar refractivity (Wildman–Crippen MR) is 98.0 cm³/mol. The van der Waals surface area contributed by atoms with Gasteiger partial charge in [-0.2, -0.15) is 13.2 Å². The second-order valence-electron chi connectivity index (χ2n) is 8.40. The van der Waals surface area contributed by atoms with E-state index in [1.54, 1.807) is 11.0 Å². The second kappa shape index (κ2) is 7.21. The highest BCUT2D eigenvalue weighted by Gasteiger charge is 2.52. The SMILES string of the molecule is CC(C)[C@]1(O)CC[C@@]2(CCN(c3ccc(O[C@H](C)C(F)(F)F)nc3)C2=O)CC1. The summed E-state index contributed by atoms with van der Waals surface area (Å²) in [5, 5.41) is 10.7. The number of hydrogen-bond acceptors (Lipinski definition) is 4. The van der Waals surface area contributed by atoms with E-state index < -0.39 is 23.3 Å². The van der Waals surface area contributed by atoms with Crippen molar-refractivity contribution in [2.24, 2.45) is 11.3 Å². The van der Waals surface area contributed by atoms with E-state index in [1.165, 1.54) is 12.3 Å². The van der Waals surface area contributed by atoms with Crippen LogP contribution in [0.2, 0.25) is 0 Å². The Morgan fingerprint density at radius 2 is 1.79 bits per heavy atom. The molecule has 1 aliphatic heterocycles. The van der Waals surface area contributed by atoms with E-state index in [4.69, 9.17) is 4.74 Å². The van der Waals surface area contributed by atoms with Gasteiger partial charge in [0.1, 0.15) is 0 Å². The zero-order chi connectivity index (χ0) is 20.7. The van der Waals surface area contributed by atoms with Gasteiger partial charge in [-0.15, -0.1) is 0 Å². The molecule has 1 aromatic heterocycles. The number of amides is 1. The lowest BCUT2D eigenvalue weighted by atomic mass is 9.65. The third kappa shape index (κ3) is 3.83. The Labute approximate surface area is 162 Å². The Kier molecular flexibility index (Phi) is 5.38. The number of aliphatic hydroxyl groups is 1. The van der Waals surface area contributed by atoms with Gasteiger partial charge in [0.25, 0.3) is 0 Å². The third-order valence-electron chi connectivity index (χ3n) is 6.45. The number of alkyl halides is 3. The van der Waals surface area contributed by atoms with Crippen LogP contribution in [0.4, 0.5) is 18.9 Å². The zero-order valence-corrected chi connectivity index (χ0v) is 16.4. The standard InChI is InChI=1S/C20H27F3N2O3/c1-13(2)19(27)8-6-18(7-9-19)10-11-25(17(18)26)15-4-5-16(24-12-15)28-14(3)20(21,22)23/h4-5,12-14,27H,6-11H2,1-3H3/t14-,18-,19-/m1/s1. The van der Waals surface area contributed by atoms with Crippen molar-refractivity contribution in [2.45, 2.75) is 70.8 Å². The Hall–Kier alpha value is -1.83. The van der Waals surface area contributed by atoms with E-state index in [-0.39, 0.29) is 17.7 Å². The fourth-order valence-electron chi connectivity index (χ4n) is 4.12. The summed E-state index contributed by atoms with van der Waals surface area (Å²) in [4.78, 5) is 18.7. The second-order valence-corrected chi connectivity index (χ2v) is 8.40. The van der Waals surface area contributed by atoms with Crippen molar-refractivity contribution >= 4 is 11.6 Å². The van der Waals surface area contributed by atoms with Gasteiger partial charge >= 0.3 is 6.18 Å². The maximum atomic E-state index is 13.1. The highest BCUT2D eigenvalue weighted by molar-refractivity contribution is 5.99. The summed E-state index contributed by atoms with van der Waals surface area (Å²) in [7, 11) is 0. The van der Waals surface area contributed by atoms with Gasteiger partial charge in [-0.3, -0.25) is 4.79 Å². The lowest BCUT2D eigenvalue weighted by Crippen LogP contribution is -2.46. The Morgan fingerprint density at radius 1 is 1.14 bits per heavy atom. The minimum Gasteiger partial charge on any atom is -0.465 e. The van der Waals surface area contributed by atoms with Crippen molar-refractivity contribution in [3.63, 3.8) is 0 Å². The summed E-state index contributed by atoms with van der Waals surface area (Å²) < 4.78 is 42.6. The molecule has 0 bridgehead atoms. The van der Waals surface area contributed by atoms with Crippen LogP contribution in [0.15, 0.2) is 18.3 Å². The van der Waals surface area contributed by atoms with Gasteiger partial charge in [-0.25, -0.2) is 4.98 Å². The lowest BCUT2D eigenvalue weighted by Gasteiger charge is -2.43. The molecule has 1 saturated heterocycles. The number of anilines is 1. The van der Waals surface area contributed by atoms with Crippen molar-refractivity contribution in [3.05, 3.63) is 18.3 Å². The number of carbonyl (C=O) groups excluding carboxylic acids is 1. The largest absolute Gasteiger partial charge is 0.465 e. The number of pyridine rings is 1. The van der Waals surface area contributed by atoms with Crippen LogP contribution in [-0.2, 0) is 4.79 Å². The third-order valence-corrected chi connectivity index (χ3v) is 6.45. The van der Waals surface area contributed by atoms with Gasteiger partial charge in [-0.05, 0) is 51.0 Å². The molecule has 2 aliphatic rings. The smallest absolute Gasteiger partial charge is 0.425 e. The van der Waals surface area contributed by atoms with E-state index in [0.717, 1.165) is 6.92 Å². The van der Waals surface area contributed by atoms with Crippen LogP contribution in [0.3, 0.4) is 0 Å². The molecular weight excluding hydrogens is 373 g/mol. The van der Waals surface area contributed by atoms with Crippen LogP contribution in [0, 0.1) is 11.3 Å². The topological polar surface area (TPSA) is 62.7 Å². The molecule has 2 fully saturated rings. The van der Waals surface area contributed by atoms with Gasteiger partial charge < -0.3 is 14.7 Å². The molecule has 156 valence electrons. The van der Waals surface area contributed by atoms with E-state index >= 15 is 0 Å². The van der Waals surface area contributed by atoms with Crippen LogP contribution < -0.4 is 9.64 Å². The van der Waals surface area contributed by atoms with E-state index in [1.807, 2.05) is 13.8 Å². The molecule has 1 atom stereocenters. The van der Waals surface area contributed by atoms with Gasteiger partial charge in [0.15, 0.2) is 6.10 Å². The molecule has 1 saturated carbocycles. The highest BCUT2D eigenvalue weighted by Crippen LogP contribution is 2.50. The van der Waals surface area contributed by atoms with Crippen molar-refractivity contribution in [3.8, 4) is 5.88 Å². The molecule has 1 aromatic rings. The first-order valence-corrected chi connectivity index (χ1v) is 9.71. The molecular formula is C20H27F3N2O3. The number of carbonyl (C=O) groups is 1. The van der Waals surface area contributed by atoms with E-state index in [0.29, 0.717) is 44.3 Å². The Bertz CT molecular complexity index is 710. The van der Waals surface area contributed by atoms with Crippen molar-refractivity contribution in [1.82, 2.24) is 4.98 Å². The first kappa shape index (κ1) is 20.9. The van der Waals surface area contributed by atoms with Gasteiger partial charge in [-0.1, -0.05) is 13.8 Å². The van der Waals surface area contributed by atoms with Gasteiger partial charge in [0.05, 0.1) is 22.9 Å². The number of ether oxygens (including phenoxy) is 1. The average molecular weight is 400 g/mol. The fraction of sp³-hybridized carbons (Fsp3) is 0.700. The fourth-order valence-corrected chi connectivity index (χ4v) is 4.12. The summed E-state index contributed by atoms with van der Waals surface area (Å²) in [6.45, 7) is 5.45. The monoisotopic (exact) mass is 400 g/mol. The summed E-state index contributed by atoms with van der Waals surface area (Å²) in [6, 6.07) is 2.92.